The minimum Gasteiger partial charge on any atom is -0.496 e. The second kappa shape index (κ2) is 10.4. The number of hydrogen-bond acceptors (Lipinski definition) is 4. The highest BCUT2D eigenvalue weighted by atomic mass is 32.2. The summed E-state index contributed by atoms with van der Waals surface area (Å²) >= 11 is 0. The molecule has 0 radical (unpaired) electrons. The van der Waals surface area contributed by atoms with E-state index in [2.05, 4.69) is 10.0 Å². The molecule has 0 aliphatic heterocycles. The molecule has 0 saturated heterocycles. The van der Waals surface area contributed by atoms with Gasteiger partial charge in [-0.05, 0) is 44.0 Å². The lowest BCUT2D eigenvalue weighted by molar-refractivity contribution is -0.123. The molecule has 2 N–H and O–H groups in total. The van der Waals surface area contributed by atoms with Gasteiger partial charge < -0.3 is 10.1 Å². The zero-order valence-electron chi connectivity index (χ0n) is 18.4. The summed E-state index contributed by atoms with van der Waals surface area (Å²) in [5.41, 5.74) is 2.61. The first-order chi connectivity index (χ1) is 15.3. The molecular weight excluding hydrogens is 424 g/mol. The summed E-state index contributed by atoms with van der Waals surface area (Å²) in [7, 11) is -2.32. The van der Waals surface area contributed by atoms with Crippen molar-refractivity contribution >= 4 is 15.9 Å². The number of sulfonamides is 1. The Morgan fingerprint density at radius 1 is 0.938 bits per heavy atom. The predicted octanol–water partition coefficient (Wildman–Crippen LogP) is 3.77. The van der Waals surface area contributed by atoms with E-state index >= 15 is 0 Å². The van der Waals surface area contributed by atoms with Crippen LogP contribution >= 0.6 is 0 Å². The number of methoxy groups -OCH3 is 1. The second-order valence-corrected chi connectivity index (χ2v) is 9.36. The molecule has 6 nitrogen and oxygen atoms in total. The number of nitrogens with one attached hydrogen (secondary N) is 2. The zero-order valence-corrected chi connectivity index (χ0v) is 19.2. The van der Waals surface area contributed by atoms with Crippen LogP contribution in [0.2, 0.25) is 0 Å². The van der Waals surface area contributed by atoms with E-state index in [1.54, 1.807) is 19.2 Å². The highest BCUT2D eigenvalue weighted by molar-refractivity contribution is 7.89. The number of carbonyl (C=O) groups is 1. The standard InChI is InChI=1S/C25H28N2O4S/c1-18-13-15-21(16-14-18)32(29,30)27-23(17-20-9-5-4-6-10-20)25(28)26-19(2)22-11-7-8-12-24(22)31-3/h4-16,19,23,27H,17H2,1-3H3,(H,26,28)/t19-,23-/m0/s1. The molecule has 0 unspecified atom stereocenters. The summed E-state index contributed by atoms with van der Waals surface area (Å²) in [5, 5.41) is 2.93. The minimum atomic E-state index is -3.89. The fourth-order valence-corrected chi connectivity index (χ4v) is 4.62. The Kier molecular flexibility index (Phi) is 7.66. The molecule has 0 saturated carbocycles. The fraction of sp³-hybridized carbons (Fsp3) is 0.240. The molecule has 0 aliphatic carbocycles. The summed E-state index contributed by atoms with van der Waals surface area (Å²) in [4.78, 5) is 13.3. The Bertz CT molecular complexity index is 1150. The van der Waals surface area contributed by atoms with Crippen molar-refractivity contribution in [2.75, 3.05) is 7.11 Å². The Morgan fingerprint density at radius 2 is 1.56 bits per heavy atom. The minimum absolute atomic E-state index is 0.117. The van der Waals surface area contributed by atoms with Crippen molar-refractivity contribution in [3.05, 3.63) is 95.6 Å². The van der Waals surface area contributed by atoms with Gasteiger partial charge in [0, 0.05) is 5.56 Å². The number of rotatable bonds is 9. The average Bonchev–Trinajstić information content (AvgIpc) is 2.79. The van der Waals surface area contributed by atoms with E-state index in [-0.39, 0.29) is 17.4 Å². The van der Waals surface area contributed by atoms with Gasteiger partial charge in [0.2, 0.25) is 15.9 Å². The third kappa shape index (κ3) is 5.96. The summed E-state index contributed by atoms with van der Waals surface area (Å²) in [6, 6.07) is 21.9. The molecule has 3 aromatic carbocycles. The SMILES string of the molecule is COc1ccccc1[C@H](C)NC(=O)[C@H](Cc1ccccc1)NS(=O)(=O)c1ccc(C)cc1. The van der Waals surface area contributed by atoms with Crippen molar-refractivity contribution in [1.82, 2.24) is 10.0 Å². The number of para-hydroxylation sites is 1. The Balaban J connectivity index is 1.85. The maximum atomic E-state index is 13.2. The van der Waals surface area contributed by atoms with Crippen molar-refractivity contribution < 1.29 is 17.9 Å². The maximum absolute atomic E-state index is 13.2. The Labute approximate surface area is 189 Å². The lowest BCUT2D eigenvalue weighted by atomic mass is 10.0. The molecular formula is C25H28N2O4S. The van der Waals surface area contributed by atoms with Crippen LogP contribution in [0.25, 0.3) is 0 Å². The van der Waals surface area contributed by atoms with E-state index in [1.807, 2.05) is 68.4 Å². The van der Waals surface area contributed by atoms with Gasteiger partial charge in [0.25, 0.3) is 0 Å². The number of amides is 1. The van der Waals surface area contributed by atoms with Crippen LogP contribution in [0.4, 0.5) is 0 Å². The molecule has 0 aliphatic rings. The molecule has 0 fully saturated rings. The van der Waals surface area contributed by atoms with Crippen molar-refractivity contribution in [1.29, 1.82) is 0 Å². The lowest BCUT2D eigenvalue weighted by Gasteiger charge is -2.23. The third-order valence-electron chi connectivity index (χ3n) is 5.19. The predicted molar refractivity (Wildman–Crippen MR) is 125 cm³/mol. The number of carbonyl (C=O) groups excluding carboxylic acids is 1. The van der Waals surface area contributed by atoms with Crippen LogP contribution in [-0.2, 0) is 21.2 Å². The molecule has 3 aromatic rings. The first-order valence-corrected chi connectivity index (χ1v) is 11.8. The zero-order chi connectivity index (χ0) is 23.1. The quantitative estimate of drug-likeness (QED) is 0.518. The van der Waals surface area contributed by atoms with Crippen LogP contribution in [0.15, 0.2) is 83.8 Å². The van der Waals surface area contributed by atoms with Crippen molar-refractivity contribution in [3.8, 4) is 5.75 Å². The number of benzene rings is 3. The van der Waals surface area contributed by atoms with Crippen molar-refractivity contribution in [3.63, 3.8) is 0 Å². The van der Waals surface area contributed by atoms with Crippen LogP contribution in [0.3, 0.4) is 0 Å². The number of hydrogen-bond donors (Lipinski definition) is 2. The van der Waals surface area contributed by atoms with Crippen LogP contribution in [0.5, 0.6) is 5.75 Å². The molecule has 0 heterocycles. The smallest absolute Gasteiger partial charge is 0.241 e. The summed E-state index contributed by atoms with van der Waals surface area (Å²) in [6.07, 6.45) is 0.219. The van der Waals surface area contributed by atoms with Gasteiger partial charge in [0.15, 0.2) is 0 Å². The highest BCUT2D eigenvalue weighted by Gasteiger charge is 2.27. The van der Waals surface area contributed by atoms with Gasteiger partial charge in [-0.3, -0.25) is 4.79 Å². The molecule has 7 heteroatoms. The first-order valence-electron chi connectivity index (χ1n) is 10.4. The van der Waals surface area contributed by atoms with Crippen molar-refractivity contribution in [2.24, 2.45) is 0 Å². The molecule has 2 atom stereocenters. The fourth-order valence-electron chi connectivity index (χ4n) is 3.43. The monoisotopic (exact) mass is 452 g/mol. The van der Waals surface area contributed by atoms with Gasteiger partial charge in [0.05, 0.1) is 18.0 Å². The van der Waals surface area contributed by atoms with E-state index in [0.29, 0.717) is 5.75 Å². The molecule has 0 bridgehead atoms. The molecule has 32 heavy (non-hydrogen) atoms. The van der Waals surface area contributed by atoms with Crippen LogP contribution in [-0.4, -0.2) is 27.5 Å². The van der Waals surface area contributed by atoms with E-state index < -0.39 is 22.0 Å². The van der Waals surface area contributed by atoms with E-state index in [0.717, 1.165) is 16.7 Å². The van der Waals surface area contributed by atoms with Gasteiger partial charge in [-0.2, -0.15) is 4.72 Å². The summed E-state index contributed by atoms with van der Waals surface area (Å²) in [5.74, 6) is 0.239. The molecule has 3 rings (SSSR count). The molecule has 0 spiro atoms. The topological polar surface area (TPSA) is 84.5 Å². The first kappa shape index (κ1) is 23.5. The van der Waals surface area contributed by atoms with Crippen LogP contribution in [0, 0.1) is 6.92 Å². The van der Waals surface area contributed by atoms with Gasteiger partial charge in [-0.25, -0.2) is 8.42 Å². The molecule has 0 aromatic heterocycles. The second-order valence-electron chi connectivity index (χ2n) is 7.65. The van der Waals surface area contributed by atoms with E-state index in [9.17, 15) is 13.2 Å². The third-order valence-corrected chi connectivity index (χ3v) is 6.68. The van der Waals surface area contributed by atoms with Crippen molar-refractivity contribution in [2.45, 2.75) is 37.2 Å². The highest BCUT2D eigenvalue weighted by Crippen LogP contribution is 2.24. The number of ether oxygens (including phenoxy) is 1. The summed E-state index contributed by atoms with van der Waals surface area (Å²) in [6.45, 7) is 3.72. The average molecular weight is 453 g/mol. The van der Waals surface area contributed by atoms with Gasteiger partial charge in [0.1, 0.15) is 11.8 Å². The normalized spacial score (nSPS) is 13.2. The molecule has 168 valence electrons. The largest absolute Gasteiger partial charge is 0.496 e. The van der Waals surface area contributed by atoms with Gasteiger partial charge in [-0.15, -0.1) is 0 Å². The summed E-state index contributed by atoms with van der Waals surface area (Å²) < 4.78 is 34.0. The maximum Gasteiger partial charge on any atom is 0.241 e. The van der Waals surface area contributed by atoms with Gasteiger partial charge >= 0.3 is 0 Å². The number of aryl methyl sites for hydroxylation is 1. The Hall–Kier alpha value is -3.16. The lowest BCUT2D eigenvalue weighted by Crippen LogP contribution is -2.48. The van der Waals surface area contributed by atoms with E-state index in [1.165, 1.54) is 12.1 Å². The van der Waals surface area contributed by atoms with Gasteiger partial charge in [-0.1, -0.05) is 66.2 Å². The molecule has 1 amide bonds. The van der Waals surface area contributed by atoms with Crippen LogP contribution < -0.4 is 14.8 Å². The van der Waals surface area contributed by atoms with Crippen LogP contribution in [0.1, 0.15) is 29.7 Å². The Morgan fingerprint density at radius 3 is 2.22 bits per heavy atom. The van der Waals surface area contributed by atoms with E-state index in [4.69, 9.17) is 4.74 Å².